The molecule has 1 aliphatic rings. The van der Waals surface area contributed by atoms with Crippen molar-refractivity contribution in [1.82, 2.24) is 14.3 Å². The number of carbonyl (C=O) groups excluding carboxylic acids is 2. The van der Waals surface area contributed by atoms with Crippen molar-refractivity contribution in [3.05, 3.63) is 40.7 Å². The van der Waals surface area contributed by atoms with Crippen LogP contribution in [0.4, 0.5) is 11.4 Å². The van der Waals surface area contributed by atoms with E-state index in [-0.39, 0.29) is 17.7 Å². The highest BCUT2D eigenvalue weighted by Crippen LogP contribution is 2.37. The van der Waals surface area contributed by atoms with Crippen molar-refractivity contribution < 1.29 is 14.3 Å². The van der Waals surface area contributed by atoms with E-state index in [1.165, 1.54) is 11.5 Å². The van der Waals surface area contributed by atoms with Crippen molar-refractivity contribution in [2.24, 2.45) is 5.92 Å². The number of pyridine rings is 1. The minimum atomic E-state index is -0.131. The molecule has 1 saturated heterocycles. The molecular formula is C25H30ClN5O3S. The largest absolute Gasteiger partial charge is 0.495 e. The summed E-state index contributed by atoms with van der Waals surface area (Å²) in [6.07, 6.45) is 3.03. The molecule has 1 aromatic carbocycles. The fraction of sp³-hybridized carbons (Fsp3) is 0.440. The highest BCUT2D eigenvalue weighted by molar-refractivity contribution is 7.13. The Morgan fingerprint density at radius 3 is 2.60 bits per heavy atom. The van der Waals surface area contributed by atoms with Crippen molar-refractivity contribution in [1.29, 1.82) is 0 Å². The predicted molar refractivity (Wildman–Crippen MR) is 141 cm³/mol. The number of rotatable bonds is 7. The lowest BCUT2D eigenvalue weighted by atomic mass is 9.94. The number of benzene rings is 1. The number of aryl methyl sites for hydroxylation is 1. The molecule has 4 rings (SSSR count). The highest BCUT2D eigenvalue weighted by Gasteiger charge is 2.30. The van der Waals surface area contributed by atoms with E-state index in [0.717, 1.165) is 21.6 Å². The number of anilines is 2. The third kappa shape index (κ3) is 5.06. The minimum Gasteiger partial charge on any atom is -0.495 e. The van der Waals surface area contributed by atoms with E-state index in [0.29, 0.717) is 61.0 Å². The van der Waals surface area contributed by atoms with Gasteiger partial charge in [-0.05, 0) is 63.3 Å². The second-order valence-electron chi connectivity index (χ2n) is 8.55. The standard InChI is InChI=1S/C25H30ClN5O3S/c1-5-30(6-2)25(33)18-14-27-24-21(15(3)29-35-24)22(18)31-11-9-16(10-12-31)23(32)28-17-7-8-20(34-4)19(26)13-17/h7-8,13-14,16H,5-6,9-12H2,1-4H3,(H,28,32). The van der Waals surface area contributed by atoms with Crippen LogP contribution in [-0.4, -0.2) is 59.4 Å². The predicted octanol–water partition coefficient (Wildman–Crippen LogP) is 5.00. The van der Waals surface area contributed by atoms with E-state index in [4.69, 9.17) is 16.3 Å². The highest BCUT2D eigenvalue weighted by atomic mass is 35.5. The van der Waals surface area contributed by atoms with Gasteiger partial charge < -0.3 is 19.9 Å². The van der Waals surface area contributed by atoms with E-state index in [9.17, 15) is 9.59 Å². The second kappa shape index (κ2) is 10.8. The molecule has 3 aromatic rings. The number of halogens is 1. The molecule has 2 aromatic heterocycles. The molecule has 0 atom stereocenters. The molecule has 10 heteroatoms. The Labute approximate surface area is 214 Å². The average Bonchev–Trinajstić information content (AvgIpc) is 3.25. The van der Waals surface area contributed by atoms with Gasteiger partial charge in [0.15, 0.2) is 0 Å². The molecule has 186 valence electrons. The fourth-order valence-electron chi connectivity index (χ4n) is 4.56. The zero-order valence-corrected chi connectivity index (χ0v) is 22.0. The molecule has 0 radical (unpaired) electrons. The van der Waals surface area contributed by atoms with Crippen molar-refractivity contribution in [2.45, 2.75) is 33.6 Å². The van der Waals surface area contributed by atoms with Gasteiger partial charge in [-0.1, -0.05) is 11.6 Å². The summed E-state index contributed by atoms with van der Waals surface area (Å²) in [5.74, 6) is 0.378. The summed E-state index contributed by atoms with van der Waals surface area (Å²) in [5.41, 5.74) is 3.00. The van der Waals surface area contributed by atoms with Crippen LogP contribution in [0.2, 0.25) is 5.02 Å². The third-order valence-corrected chi connectivity index (χ3v) is 7.67. The van der Waals surface area contributed by atoms with Crippen LogP contribution < -0.4 is 15.0 Å². The Morgan fingerprint density at radius 1 is 1.26 bits per heavy atom. The van der Waals surface area contributed by atoms with Crippen molar-refractivity contribution in [3.8, 4) is 5.75 Å². The van der Waals surface area contributed by atoms with Gasteiger partial charge in [0.1, 0.15) is 10.6 Å². The van der Waals surface area contributed by atoms with E-state index in [1.54, 1.807) is 31.5 Å². The van der Waals surface area contributed by atoms with Crippen molar-refractivity contribution in [3.63, 3.8) is 0 Å². The Morgan fingerprint density at radius 2 is 1.97 bits per heavy atom. The first kappa shape index (κ1) is 25.2. The van der Waals surface area contributed by atoms with Gasteiger partial charge in [0, 0.05) is 44.0 Å². The number of piperidine rings is 1. The molecule has 1 aliphatic heterocycles. The molecule has 1 N–H and O–H groups in total. The maximum absolute atomic E-state index is 13.4. The molecule has 0 bridgehead atoms. The quantitative estimate of drug-likeness (QED) is 0.476. The number of nitrogens with zero attached hydrogens (tertiary/aromatic N) is 4. The second-order valence-corrected chi connectivity index (χ2v) is 9.71. The monoisotopic (exact) mass is 515 g/mol. The van der Waals surface area contributed by atoms with Gasteiger partial charge in [0.05, 0.1) is 34.5 Å². The van der Waals surface area contributed by atoms with Crippen LogP contribution in [0.3, 0.4) is 0 Å². The lowest BCUT2D eigenvalue weighted by molar-refractivity contribution is -0.120. The number of amides is 2. The molecule has 0 unspecified atom stereocenters. The number of methoxy groups -OCH3 is 1. The maximum atomic E-state index is 13.4. The molecule has 3 heterocycles. The molecule has 1 fully saturated rings. The fourth-order valence-corrected chi connectivity index (χ4v) is 5.57. The smallest absolute Gasteiger partial charge is 0.257 e. The Balaban J connectivity index is 1.54. The summed E-state index contributed by atoms with van der Waals surface area (Å²) in [7, 11) is 1.55. The van der Waals surface area contributed by atoms with E-state index >= 15 is 0 Å². The normalized spacial score (nSPS) is 14.3. The number of fused-ring (bicyclic) bond motifs is 1. The zero-order valence-electron chi connectivity index (χ0n) is 20.4. The van der Waals surface area contributed by atoms with Crippen LogP contribution in [0.15, 0.2) is 24.4 Å². The van der Waals surface area contributed by atoms with Crippen LogP contribution in [0, 0.1) is 12.8 Å². The number of nitrogens with one attached hydrogen (secondary N) is 1. The Kier molecular flexibility index (Phi) is 7.76. The molecule has 0 saturated carbocycles. The first-order valence-corrected chi connectivity index (χ1v) is 13.0. The number of aromatic nitrogens is 2. The Bertz CT molecular complexity index is 1240. The average molecular weight is 516 g/mol. The lowest BCUT2D eigenvalue weighted by Crippen LogP contribution is -2.40. The number of hydrogen-bond donors (Lipinski definition) is 1. The summed E-state index contributed by atoms with van der Waals surface area (Å²) in [6, 6.07) is 5.21. The van der Waals surface area contributed by atoms with Gasteiger partial charge >= 0.3 is 0 Å². The molecule has 2 amide bonds. The third-order valence-electron chi connectivity index (χ3n) is 6.53. The van der Waals surface area contributed by atoms with Gasteiger partial charge in [-0.3, -0.25) is 9.59 Å². The van der Waals surface area contributed by atoms with E-state index in [2.05, 4.69) is 19.6 Å². The summed E-state index contributed by atoms with van der Waals surface area (Å²) in [6.45, 7) is 8.49. The van der Waals surface area contributed by atoms with Gasteiger partial charge in [-0.25, -0.2) is 4.98 Å². The van der Waals surface area contributed by atoms with Crippen molar-refractivity contribution >= 4 is 56.5 Å². The van der Waals surface area contributed by atoms with Crippen LogP contribution in [0.25, 0.3) is 10.2 Å². The molecule has 0 aliphatic carbocycles. The molecule has 0 spiro atoms. The van der Waals surface area contributed by atoms with E-state index < -0.39 is 0 Å². The van der Waals surface area contributed by atoms with Crippen LogP contribution in [-0.2, 0) is 4.79 Å². The number of ether oxygens (including phenoxy) is 1. The van der Waals surface area contributed by atoms with Gasteiger partial charge in [-0.2, -0.15) is 4.37 Å². The number of hydrogen-bond acceptors (Lipinski definition) is 7. The first-order valence-electron chi connectivity index (χ1n) is 11.8. The van der Waals surface area contributed by atoms with Crippen molar-refractivity contribution in [2.75, 3.05) is 43.5 Å². The summed E-state index contributed by atoms with van der Waals surface area (Å²) in [4.78, 5) is 35.7. The first-order chi connectivity index (χ1) is 16.9. The molecule has 8 nitrogen and oxygen atoms in total. The van der Waals surface area contributed by atoms with Crippen LogP contribution in [0.1, 0.15) is 42.7 Å². The van der Waals surface area contributed by atoms with Gasteiger partial charge in [0.25, 0.3) is 5.91 Å². The van der Waals surface area contributed by atoms with Crippen LogP contribution >= 0.6 is 23.1 Å². The lowest BCUT2D eigenvalue weighted by Gasteiger charge is -2.35. The SMILES string of the molecule is CCN(CC)C(=O)c1cnc2snc(C)c2c1N1CCC(C(=O)Nc2ccc(OC)c(Cl)c2)CC1. The topological polar surface area (TPSA) is 87.7 Å². The minimum absolute atomic E-state index is 0.0266. The summed E-state index contributed by atoms with van der Waals surface area (Å²) in [5, 5.41) is 4.36. The zero-order chi connectivity index (χ0) is 25.1. The summed E-state index contributed by atoms with van der Waals surface area (Å²) >= 11 is 7.54. The molecule has 35 heavy (non-hydrogen) atoms. The Hall–Kier alpha value is -2.91. The van der Waals surface area contributed by atoms with E-state index in [1.807, 2.05) is 25.7 Å². The van der Waals surface area contributed by atoms with Crippen LogP contribution in [0.5, 0.6) is 5.75 Å². The summed E-state index contributed by atoms with van der Waals surface area (Å²) < 4.78 is 9.67. The van der Waals surface area contributed by atoms with Gasteiger partial charge in [-0.15, -0.1) is 0 Å². The van der Waals surface area contributed by atoms with Gasteiger partial charge in [0.2, 0.25) is 5.91 Å². The molecular weight excluding hydrogens is 486 g/mol. The number of carbonyl (C=O) groups is 2. The maximum Gasteiger partial charge on any atom is 0.257 e.